The van der Waals surface area contributed by atoms with E-state index >= 15 is 0 Å². The Morgan fingerprint density at radius 3 is 2.62 bits per heavy atom. The molecule has 0 radical (unpaired) electrons. The smallest absolute Gasteiger partial charge is 0.254 e. The summed E-state index contributed by atoms with van der Waals surface area (Å²) in [6, 6.07) is 6.63. The van der Waals surface area contributed by atoms with Crippen molar-refractivity contribution < 1.29 is 18.0 Å². The monoisotopic (exact) mass is 490 g/mol. The maximum Gasteiger partial charge on any atom is 0.254 e. The van der Waals surface area contributed by atoms with E-state index in [1.54, 1.807) is 11.0 Å². The van der Waals surface area contributed by atoms with Crippen molar-refractivity contribution in [2.45, 2.75) is 36.8 Å². The zero-order chi connectivity index (χ0) is 19.2. The van der Waals surface area contributed by atoms with Gasteiger partial charge in [0.25, 0.3) is 5.91 Å². The molecule has 0 saturated carbocycles. The van der Waals surface area contributed by atoms with Gasteiger partial charge in [-0.25, -0.2) is 12.7 Å². The Bertz CT molecular complexity index is 839. The predicted molar refractivity (Wildman–Crippen MR) is 107 cm³/mol. The number of sulfonamides is 1. The number of halogens is 1. The third kappa shape index (κ3) is 3.26. The Hall–Kier alpha value is -1.16. The highest BCUT2D eigenvalue weighted by molar-refractivity contribution is 14.1. The molecule has 6 nitrogen and oxygen atoms in total. The largest absolute Gasteiger partial charge is 0.333 e. The van der Waals surface area contributed by atoms with Crippen LogP contribution in [0.5, 0.6) is 0 Å². The number of carbonyl (C=O) groups is 2. The fourth-order valence-corrected chi connectivity index (χ4v) is 5.87. The minimum Gasteiger partial charge on any atom is -0.333 e. The molecule has 2 amide bonds. The molecule has 2 heterocycles. The minimum absolute atomic E-state index is 0.0455. The van der Waals surface area contributed by atoms with Gasteiger partial charge < -0.3 is 4.90 Å². The zero-order valence-electron chi connectivity index (χ0n) is 15.1. The second kappa shape index (κ2) is 7.10. The van der Waals surface area contributed by atoms with Gasteiger partial charge in [-0.2, -0.15) is 0 Å². The lowest BCUT2D eigenvalue weighted by atomic mass is 9.88. The van der Waals surface area contributed by atoms with Crippen molar-refractivity contribution in [3.8, 4) is 0 Å². The summed E-state index contributed by atoms with van der Waals surface area (Å²) in [6.07, 6.45) is 1.56. The van der Waals surface area contributed by atoms with Gasteiger partial charge in [0.05, 0.1) is 24.3 Å². The normalized spacial score (nSPS) is 25.9. The van der Waals surface area contributed by atoms with E-state index in [1.807, 2.05) is 32.0 Å². The van der Waals surface area contributed by atoms with Crippen LogP contribution in [0, 0.1) is 11.8 Å². The molecule has 142 valence electrons. The van der Waals surface area contributed by atoms with Crippen molar-refractivity contribution in [1.29, 1.82) is 0 Å². The van der Waals surface area contributed by atoms with Gasteiger partial charge in [0.2, 0.25) is 15.9 Å². The highest BCUT2D eigenvalue weighted by Crippen LogP contribution is 2.41. The summed E-state index contributed by atoms with van der Waals surface area (Å²) >= 11 is 2.25. The lowest BCUT2D eigenvalue weighted by Gasteiger charge is -2.29. The van der Waals surface area contributed by atoms with Crippen molar-refractivity contribution >= 4 is 44.4 Å². The molecule has 0 bridgehead atoms. The van der Waals surface area contributed by atoms with Gasteiger partial charge in [-0.3, -0.25) is 9.59 Å². The standard InChI is InChI=1S/C18H23IN2O4S/c1-11(2)15-16-14(21(18(15)23)26(3,24)25)7-8-20(16)17(22)13-6-4-5-12(9-13)10-19/h4-6,9,11,14-16H,7-8,10H2,1-3H3/t14-,15+,16-/m0/s1. The van der Waals surface area contributed by atoms with Crippen LogP contribution in [0.3, 0.4) is 0 Å². The van der Waals surface area contributed by atoms with Crippen LogP contribution in [-0.2, 0) is 19.2 Å². The van der Waals surface area contributed by atoms with E-state index < -0.39 is 28.0 Å². The number of rotatable bonds is 4. The summed E-state index contributed by atoms with van der Waals surface area (Å²) in [5.41, 5.74) is 1.65. The summed E-state index contributed by atoms with van der Waals surface area (Å²) in [5, 5.41) is 0. The highest BCUT2D eigenvalue weighted by atomic mass is 127. The molecular weight excluding hydrogens is 467 g/mol. The first-order chi connectivity index (χ1) is 12.2. The van der Waals surface area contributed by atoms with Crippen LogP contribution in [0.1, 0.15) is 36.2 Å². The quantitative estimate of drug-likeness (QED) is 0.480. The van der Waals surface area contributed by atoms with Gasteiger partial charge in [0.1, 0.15) is 0 Å². The molecule has 2 saturated heterocycles. The second-order valence-corrected chi connectivity index (χ2v) is 9.97. The Morgan fingerprint density at radius 1 is 1.35 bits per heavy atom. The van der Waals surface area contributed by atoms with Crippen LogP contribution in [0.4, 0.5) is 0 Å². The number of fused-ring (bicyclic) bond motifs is 1. The van der Waals surface area contributed by atoms with Crippen LogP contribution >= 0.6 is 22.6 Å². The van der Waals surface area contributed by atoms with Crippen LogP contribution in [-0.4, -0.2) is 54.3 Å². The van der Waals surface area contributed by atoms with E-state index in [9.17, 15) is 18.0 Å². The fourth-order valence-electron chi connectivity index (χ4n) is 4.22. The first-order valence-electron chi connectivity index (χ1n) is 8.66. The maximum absolute atomic E-state index is 13.1. The number of carbonyl (C=O) groups excluding carboxylic acids is 2. The summed E-state index contributed by atoms with van der Waals surface area (Å²) in [4.78, 5) is 27.7. The van der Waals surface area contributed by atoms with Gasteiger partial charge in [-0.05, 0) is 30.0 Å². The van der Waals surface area contributed by atoms with Crippen molar-refractivity contribution in [1.82, 2.24) is 9.21 Å². The molecule has 0 aliphatic carbocycles. The van der Waals surface area contributed by atoms with Gasteiger partial charge in [0.15, 0.2) is 0 Å². The summed E-state index contributed by atoms with van der Waals surface area (Å²) < 4.78 is 26.2. The van der Waals surface area contributed by atoms with Crippen LogP contribution < -0.4 is 0 Å². The van der Waals surface area contributed by atoms with Crippen LogP contribution in [0.2, 0.25) is 0 Å². The molecule has 1 aromatic rings. The summed E-state index contributed by atoms with van der Waals surface area (Å²) in [5.74, 6) is -1.04. The zero-order valence-corrected chi connectivity index (χ0v) is 18.0. The number of likely N-dealkylation sites (tertiary alicyclic amines) is 1. The van der Waals surface area contributed by atoms with E-state index in [4.69, 9.17) is 0 Å². The van der Waals surface area contributed by atoms with Gasteiger partial charge in [0, 0.05) is 16.5 Å². The van der Waals surface area contributed by atoms with Gasteiger partial charge >= 0.3 is 0 Å². The molecule has 2 fully saturated rings. The lowest BCUT2D eigenvalue weighted by Crippen LogP contribution is -2.44. The third-order valence-corrected chi connectivity index (χ3v) is 7.30. The predicted octanol–water partition coefficient (Wildman–Crippen LogP) is 2.28. The topological polar surface area (TPSA) is 74.8 Å². The molecule has 3 atom stereocenters. The molecule has 0 spiro atoms. The molecule has 0 unspecified atom stereocenters. The first kappa shape index (κ1) is 19.6. The molecular formula is C18H23IN2O4S. The van der Waals surface area contributed by atoms with Crippen LogP contribution in [0.25, 0.3) is 0 Å². The molecule has 0 N–H and O–H groups in total. The van der Waals surface area contributed by atoms with Crippen molar-refractivity contribution in [2.24, 2.45) is 11.8 Å². The number of hydrogen-bond donors (Lipinski definition) is 0. The van der Waals surface area contributed by atoms with Crippen LogP contribution in [0.15, 0.2) is 24.3 Å². The average Bonchev–Trinajstić information content (AvgIpc) is 3.09. The fraction of sp³-hybridized carbons (Fsp3) is 0.556. The molecule has 8 heteroatoms. The van der Waals surface area contributed by atoms with E-state index in [0.29, 0.717) is 18.5 Å². The molecule has 2 aliphatic rings. The van der Waals surface area contributed by atoms with E-state index in [0.717, 1.165) is 20.6 Å². The molecule has 3 rings (SSSR count). The van der Waals surface area contributed by atoms with E-state index in [-0.39, 0.29) is 17.7 Å². The Balaban J connectivity index is 1.98. The Morgan fingerprint density at radius 2 is 2.04 bits per heavy atom. The van der Waals surface area contributed by atoms with Gasteiger partial charge in [-0.15, -0.1) is 0 Å². The van der Waals surface area contributed by atoms with Crippen molar-refractivity contribution in [3.05, 3.63) is 35.4 Å². The number of hydrogen-bond acceptors (Lipinski definition) is 4. The Labute approximate surface area is 168 Å². The number of alkyl halides is 1. The second-order valence-electron chi connectivity index (χ2n) is 7.35. The molecule has 0 aromatic heterocycles. The first-order valence-corrected chi connectivity index (χ1v) is 12.0. The average molecular weight is 490 g/mol. The molecule has 26 heavy (non-hydrogen) atoms. The van der Waals surface area contributed by atoms with Crippen molar-refractivity contribution in [2.75, 3.05) is 12.8 Å². The van der Waals surface area contributed by atoms with Crippen molar-refractivity contribution in [3.63, 3.8) is 0 Å². The molecule has 2 aliphatic heterocycles. The third-order valence-electron chi connectivity index (χ3n) is 5.26. The van der Waals surface area contributed by atoms with Gasteiger partial charge in [-0.1, -0.05) is 48.6 Å². The minimum atomic E-state index is -3.65. The number of amides is 2. The van der Waals surface area contributed by atoms with E-state index in [2.05, 4.69) is 22.6 Å². The summed E-state index contributed by atoms with van der Waals surface area (Å²) in [7, 11) is -3.65. The number of nitrogens with zero attached hydrogens (tertiary/aromatic N) is 2. The maximum atomic E-state index is 13.1. The number of benzene rings is 1. The lowest BCUT2D eigenvalue weighted by molar-refractivity contribution is -0.129. The Kier molecular flexibility index (Phi) is 5.35. The SMILES string of the molecule is CC(C)[C@H]1C(=O)N(S(C)(=O)=O)[C@H]2CCN(C(=O)c3cccc(CI)c3)[C@H]12. The highest BCUT2D eigenvalue weighted by Gasteiger charge is 2.58. The van der Waals surface area contributed by atoms with E-state index in [1.165, 1.54) is 0 Å². The summed E-state index contributed by atoms with van der Waals surface area (Å²) in [6.45, 7) is 4.28. The molecule has 1 aromatic carbocycles.